The molecule has 0 heterocycles. The number of aliphatic hydroxyl groups is 2. The predicted molar refractivity (Wildman–Crippen MR) is 54.5 cm³/mol. The summed E-state index contributed by atoms with van der Waals surface area (Å²) in [6.07, 6.45) is -0.0440. The van der Waals surface area contributed by atoms with Crippen molar-refractivity contribution in [3.63, 3.8) is 0 Å². The number of fused-ring (bicyclic) bond motifs is 1. The van der Waals surface area contributed by atoms with E-state index in [2.05, 4.69) is 0 Å². The summed E-state index contributed by atoms with van der Waals surface area (Å²) in [5.41, 5.74) is -2.67. The molecule has 0 amide bonds. The van der Waals surface area contributed by atoms with Gasteiger partial charge in [-0.25, -0.2) is 8.42 Å². The van der Waals surface area contributed by atoms with Crippen LogP contribution in [-0.2, 0) is 23.0 Å². The third-order valence-electron chi connectivity index (χ3n) is 2.84. The molecule has 0 aromatic heterocycles. The average Bonchev–Trinajstić information content (AvgIpc) is 2.52. The van der Waals surface area contributed by atoms with Crippen LogP contribution >= 0.6 is 0 Å². The third-order valence-corrected chi connectivity index (χ3v) is 3.83. The summed E-state index contributed by atoms with van der Waals surface area (Å²) in [6.45, 7) is 0. The minimum atomic E-state index is -4.91. The van der Waals surface area contributed by atoms with Gasteiger partial charge in [-0.3, -0.25) is 0 Å². The van der Waals surface area contributed by atoms with Crippen molar-refractivity contribution in [1.29, 1.82) is 0 Å². The fraction of sp³-hybridized carbons (Fsp3) is 0.400. The Bertz CT molecular complexity index is 488. The maximum atomic E-state index is 10.7. The van der Waals surface area contributed by atoms with Crippen molar-refractivity contribution in [2.75, 3.05) is 0 Å². The molecule has 1 aromatic rings. The molecule has 88 valence electrons. The minimum absolute atomic E-state index is 0. The van der Waals surface area contributed by atoms with Crippen molar-refractivity contribution in [3.8, 4) is 0 Å². The molecule has 0 saturated carbocycles. The molecule has 1 aromatic carbocycles. The number of benzene rings is 1. The number of rotatable bonds is 2. The summed E-state index contributed by atoms with van der Waals surface area (Å²) >= 11 is 0. The van der Waals surface area contributed by atoms with Crippen LogP contribution in [0.15, 0.2) is 24.3 Å². The molecule has 5 nitrogen and oxygen atoms in total. The first-order valence-corrected chi connectivity index (χ1v) is 6.22. The van der Waals surface area contributed by atoms with Gasteiger partial charge in [0.1, 0.15) is 15.7 Å². The maximum Gasteiger partial charge on any atom is 1.00 e. The van der Waals surface area contributed by atoms with Crippen molar-refractivity contribution in [1.82, 2.24) is 0 Å². The van der Waals surface area contributed by atoms with Gasteiger partial charge in [-0.2, -0.15) is 0 Å². The van der Waals surface area contributed by atoms with Gasteiger partial charge in [0, 0.05) is 12.8 Å². The molecule has 0 spiro atoms. The first-order chi connectivity index (χ1) is 7.33. The second-order valence-corrected chi connectivity index (χ2v) is 5.50. The molecule has 2 N–H and O–H groups in total. The molecule has 7 heteroatoms. The Morgan fingerprint density at radius 2 is 1.65 bits per heavy atom. The van der Waals surface area contributed by atoms with Gasteiger partial charge >= 0.3 is 29.6 Å². The Morgan fingerprint density at radius 1 is 1.24 bits per heavy atom. The van der Waals surface area contributed by atoms with Crippen LogP contribution in [0.25, 0.3) is 0 Å². The first-order valence-electron chi connectivity index (χ1n) is 4.75. The first kappa shape index (κ1) is 15.1. The fourth-order valence-electron chi connectivity index (χ4n) is 2.07. The van der Waals surface area contributed by atoms with Crippen molar-refractivity contribution < 1.29 is 52.7 Å². The zero-order valence-electron chi connectivity index (χ0n) is 9.33. The normalized spacial score (nSPS) is 19.2. The van der Waals surface area contributed by atoms with Crippen LogP contribution in [0.3, 0.4) is 0 Å². The minimum Gasteiger partial charge on any atom is -0.746 e. The van der Waals surface area contributed by atoms with Gasteiger partial charge < -0.3 is 14.8 Å². The van der Waals surface area contributed by atoms with Crippen LogP contribution < -0.4 is 29.6 Å². The Balaban J connectivity index is 0.00000144. The van der Waals surface area contributed by atoms with Gasteiger partial charge in [-0.15, -0.1) is 0 Å². The molecule has 0 saturated heterocycles. The monoisotopic (exact) mass is 266 g/mol. The number of hydrogen-bond acceptors (Lipinski definition) is 5. The summed E-state index contributed by atoms with van der Waals surface area (Å²) in [4.78, 5) is 0. The summed E-state index contributed by atoms with van der Waals surface area (Å²) in [6, 6.07) is 6.97. The van der Waals surface area contributed by atoms with E-state index in [1.807, 2.05) is 0 Å². The summed E-state index contributed by atoms with van der Waals surface area (Å²) in [7, 11) is -4.91. The van der Waals surface area contributed by atoms with Crippen LogP contribution in [0.5, 0.6) is 0 Å². The van der Waals surface area contributed by atoms with E-state index in [1.165, 1.54) is 0 Å². The van der Waals surface area contributed by atoms with E-state index in [0.29, 0.717) is 0 Å². The van der Waals surface area contributed by atoms with E-state index >= 15 is 0 Å². The molecule has 0 aliphatic heterocycles. The van der Waals surface area contributed by atoms with E-state index < -0.39 is 21.2 Å². The van der Waals surface area contributed by atoms with Crippen LogP contribution in [0.1, 0.15) is 11.1 Å². The van der Waals surface area contributed by atoms with E-state index in [4.69, 9.17) is 0 Å². The number of aliphatic hydroxyl groups excluding tert-OH is 1. The zero-order chi connectivity index (χ0) is 12.0. The van der Waals surface area contributed by atoms with Crippen molar-refractivity contribution in [3.05, 3.63) is 35.4 Å². The van der Waals surface area contributed by atoms with Gasteiger partial charge in [0.2, 0.25) is 0 Å². The molecule has 17 heavy (non-hydrogen) atoms. The standard InChI is InChI=1S/C10H12O5S.Na/c11-9(16(13,14)15)10(12)5-7-3-1-2-4-8(7)6-10;/h1-4,9,11-12H,5-6H2,(H,13,14,15);/q;+1/p-1. The number of hydrogen-bond donors (Lipinski definition) is 2. The Labute approximate surface area is 122 Å². The predicted octanol–water partition coefficient (Wildman–Crippen LogP) is -3.62. The molecule has 1 atom stereocenters. The van der Waals surface area contributed by atoms with Crippen LogP contribution in [0.4, 0.5) is 0 Å². The van der Waals surface area contributed by atoms with Crippen LogP contribution in [0.2, 0.25) is 0 Å². The second kappa shape index (κ2) is 4.97. The molecule has 1 unspecified atom stereocenters. The molecule has 1 aliphatic rings. The fourth-order valence-corrected chi connectivity index (χ4v) is 2.77. The van der Waals surface area contributed by atoms with Crippen molar-refractivity contribution in [2.45, 2.75) is 23.9 Å². The molecule has 2 rings (SSSR count). The SMILES string of the molecule is O=S(=O)([O-])C(O)C1(O)Cc2ccccc2C1.[Na+]. The molecule has 0 fully saturated rings. The Morgan fingerprint density at radius 3 is 2.00 bits per heavy atom. The van der Waals surface area contributed by atoms with E-state index in [1.54, 1.807) is 24.3 Å². The van der Waals surface area contributed by atoms with Gasteiger partial charge in [0.25, 0.3) is 0 Å². The Kier molecular flexibility index (Phi) is 4.42. The summed E-state index contributed by atoms with van der Waals surface area (Å²) in [5.74, 6) is 0. The van der Waals surface area contributed by atoms with Gasteiger partial charge in [0.15, 0.2) is 5.44 Å². The van der Waals surface area contributed by atoms with Crippen LogP contribution in [-0.4, -0.2) is 34.2 Å². The van der Waals surface area contributed by atoms with Gasteiger partial charge in [-0.05, 0) is 11.1 Å². The topological polar surface area (TPSA) is 97.7 Å². The molecular weight excluding hydrogens is 255 g/mol. The van der Waals surface area contributed by atoms with E-state index in [-0.39, 0.29) is 42.4 Å². The van der Waals surface area contributed by atoms with E-state index in [9.17, 15) is 23.2 Å². The van der Waals surface area contributed by atoms with Gasteiger partial charge in [0.05, 0.1) is 0 Å². The zero-order valence-corrected chi connectivity index (χ0v) is 12.1. The second-order valence-electron chi connectivity index (χ2n) is 4.07. The largest absolute Gasteiger partial charge is 1.00 e. The smallest absolute Gasteiger partial charge is 0.746 e. The summed E-state index contributed by atoms with van der Waals surface area (Å²) in [5, 5.41) is 19.4. The summed E-state index contributed by atoms with van der Waals surface area (Å²) < 4.78 is 32.1. The Hall–Kier alpha value is 0.0500. The van der Waals surface area contributed by atoms with E-state index in [0.717, 1.165) is 11.1 Å². The molecular formula is C10H11NaO5S. The van der Waals surface area contributed by atoms with Gasteiger partial charge in [-0.1, -0.05) is 24.3 Å². The average molecular weight is 266 g/mol. The quantitative estimate of drug-likeness (QED) is 0.425. The molecule has 0 bridgehead atoms. The van der Waals surface area contributed by atoms with Crippen molar-refractivity contribution in [2.24, 2.45) is 0 Å². The third kappa shape index (κ3) is 2.90. The van der Waals surface area contributed by atoms with Crippen molar-refractivity contribution >= 4 is 10.1 Å². The molecule has 1 aliphatic carbocycles. The molecule has 0 radical (unpaired) electrons. The maximum absolute atomic E-state index is 10.7. The van der Waals surface area contributed by atoms with Crippen LogP contribution in [0, 0.1) is 0 Å².